The van der Waals surface area contributed by atoms with Crippen LogP contribution in [0.3, 0.4) is 0 Å². The molecule has 0 heterocycles. The molecule has 0 aliphatic carbocycles. The fourth-order valence-corrected chi connectivity index (χ4v) is 4.46. The molecule has 0 amide bonds. The first-order chi connectivity index (χ1) is 8.99. The predicted molar refractivity (Wildman–Crippen MR) is 78.8 cm³/mol. The molecule has 0 aromatic heterocycles. The van der Waals surface area contributed by atoms with Crippen molar-refractivity contribution in [2.75, 3.05) is 6.26 Å². The molecule has 0 bridgehead atoms. The first kappa shape index (κ1) is 14.0. The van der Waals surface area contributed by atoms with Gasteiger partial charge in [0, 0.05) is 4.90 Å². The Morgan fingerprint density at radius 1 is 0.947 bits per heavy atom. The summed E-state index contributed by atoms with van der Waals surface area (Å²) in [4.78, 5) is 1.16. The maximum atomic E-state index is 12.2. The topological polar surface area (TPSA) is 46.5 Å². The summed E-state index contributed by atoms with van der Waals surface area (Å²) in [6.45, 7) is 1.92. The molecular weight excluding hydrogens is 278 g/mol. The van der Waals surface area contributed by atoms with Crippen LogP contribution in [0.5, 0.6) is 0 Å². The van der Waals surface area contributed by atoms with E-state index in [0.29, 0.717) is 0 Å². The lowest BCUT2D eigenvalue weighted by molar-refractivity contribution is 0.598. The fraction of sp³-hybridized carbons (Fsp3) is 0.143. The molecule has 5 heteroatoms. The molecule has 3 nitrogen and oxygen atoms in total. The Morgan fingerprint density at radius 2 is 1.53 bits per heavy atom. The molecule has 2 aromatic rings. The summed E-state index contributed by atoms with van der Waals surface area (Å²) in [6.07, 6.45) is 1.81. The van der Waals surface area contributed by atoms with E-state index < -0.39 is 20.7 Å². The standard InChI is InChI=1S/C14H15NO2S2/c1-12-8-10-14(11-9-12)19(16,17)15-18(2)13-6-4-3-5-7-13/h3-11H,1-2H3/t18-/m0/s1. The highest BCUT2D eigenvalue weighted by molar-refractivity contribution is 7.99. The van der Waals surface area contributed by atoms with Gasteiger partial charge in [-0.3, -0.25) is 0 Å². The van der Waals surface area contributed by atoms with Crippen LogP contribution in [-0.2, 0) is 20.7 Å². The minimum Gasteiger partial charge on any atom is -0.199 e. The average Bonchev–Trinajstić information content (AvgIpc) is 2.40. The Balaban J connectivity index is 2.39. The zero-order chi connectivity index (χ0) is 13.9. The van der Waals surface area contributed by atoms with E-state index in [1.54, 1.807) is 30.5 Å². The van der Waals surface area contributed by atoms with Crippen molar-refractivity contribution < 1.29 is 8.42 Å². The van der Waals surface area contributed by atoms with E-state index in [2.05, 4.69) is 3.77 Å². The number of hydrogen-bond donors (Lipinski definition) is 0. The summed E-state index contributed by atoms with van der Waals surface area (Å²) >= 11 is 0. The molecule has 0 unspecified atom stereocenters. The molecule has 0 aliphatic heterocycles. The first-order valence-corrected chi connectivity index (χ1v) is 8.78. The Morgan fingerprint density at radius 3 is 2.11 bits per heavy atom. The smallest absolute Gasteiger partial charge is 0.199 e. The SMILES string of the molecule is Cc1ccc(S(=O)(=O)N=[S@@](C)c2ccccc2)cc1. The van der Waals surface area contributed by atoms with Crippen molar-refractivity contribution in [2.45, 2.75) is 16.7 Å². The molecule has 100 valence electrons. The maximum Gasteiger partial charge on any atom is 0.288 e. The summed E-state index contributed by atoms with van der Waals surface area (Å²) in [5.74, 6) is 0. The highest BCUT2D eigenvalue weighted by atomic mass is 32.3. The van der Waals surface area contributed by atoms with E-state index in [-0.39, 0.29) is 4.90 Å². The second-order valence-electron chi connectivity index (χ2n) is 4.15. The zero-order valence-electron chi connectivity index (χ0n) is 10.8. The normalized spacial score (nSPS) is 13.4. The van der Waals surface area contributed by atoms with Gasteiger partial charge in [-0.2, -0.15) is 8.42 Å². The average molecular weight is 293 g/mol. The van der Waals surface area contributed by atoms with Gasteiger partial charge in [-0.25, -0.2) is 0 Å². The number of nitrogens with zero attached hydrogens (tertiary/aromatic N) is 1. The van der Waals surface area contributed by atoms with E-state index >= 15 is 0 Å². The van der Waals surface area contributed by atoms with Crippen LogP contribution in [0.4, 0.5) is 0 Å². The Labute approximate surface area is 116 Å². The van der Waals surface area contributed by atoms with Gasteiger partial charge in [0.15, 0.2) is 0 Å². The molecule has 2 aromatic carbocycles. The van der Waals surface area contributed by atoms with Gasteiger partial charge in [0.1, 0.15) is 0 Å². The largest absolute Gasteiger partial charge is 0.288 e. The van der Waals surface area contributed by atoms with Crippen LogP contribution in [-0.4, -0.2) is 14.7 Å². The van der Waals surface area contributed by atoms with Gasteiger partial charge >= 0.3 is 0 Å². The third-order valence-electron chi connectivity index (χ3n) is 2.61. The van der Waals surface area contributed by atoms with Gasteiger partial charge in [-0.15, -0.1) is 3.77 Å². The molecule has 0 saturated heterocycles. The monoisotopic (exact) mass is 293 g/mol. The van der Waals surface area contributed by atoms with Gasteiger partial charge in [0.2, 0.25) is 0 Å². The quantitative estimate of drug-likeness (QED) is 0.872. The number of hydrogen-bond acceptors (Lipinski definition) is 2. The van der Waals surface area contributed by atoms with E-state index in [1.165, 1.54) is 0 Å². The number of sulfonamides is 1. The molecule has 0 fully saturated rings. The van der Waals surface area contributed by atoms with Gasteiger partial charge in [0.25, 0.3) is 10.0 Å². The van der Waals surface area contributed by atoms with Crippen LogP contribution < -0.4 is 0 Å². The Bertz CT molecular complexity index is 690. The predicted octanol–water partition coefficient (Wildman–Crippen LogP) is 3.17. The molecule has 0 spiro atoms. The molecule has 1 atom stereocenters. The van der Waals surface area contributed by atoms with E-state index in [0.717, 1.165) is 10.5 Å². The second kappa shape index (κ2) is 5.67. The van der Waals surface area contributed by atoms with Crippen LogP contribution in [0, 0.1) is 6.92 Å². The molecule has 0 aliphatic rings. The lowest BCUT2D eigenvalue weighted by atomic mass is 10.2. The number of aryl methyl sites for hydroxylation is 1. The van der Waals surface area contributed by atoms with Crippen molar-refractivity contribution in [1.82, 2.24) is 0 Å². The lowest BCUT2D eigenvalue weighted by Crippen LogP contribution is -2.00. The van der Waals surface area contributed by atoms with Crippen molar-refractivity contribution in [3.8, 4) is 0 Å². The van der Waals surface area contributed by atoms with Crippen LogP contribution in [0.25, 0.3) is 0 Å². The summed E-state index contributed by atoms with van der Waals surface area (Å²) in [5, 5.41) is 0. The third kappa shape index (κ3) is 3.52. The first-order valence-electron chi connectivity index (χ1n) is 5.75. The van der Waals surface area contributed by atoms with Crippen molar-refractivity contribution in [3.63, 3.8) is 0 Å². The van der Waals surface area contributed by atoms with Crippen molar-refractivity contribution in [3.05, 3.63) is 60.2 Å². The molecule has 2 rings (SSSR count). The third-order valence-corrected chi connectivity index (χ3v) is 6.11. The second-order valence-corrected chi connectivity index (χ2v) is 7.60. The van der Waals surface area contributed by atoms with Crippen molar-refractivity contribution in [2.24, 2.45) is 3.77 Å². The number of rotatable bonds is 3. The van der Waals surface area contributed by atoms with Gasteiger partial charge in [-0.1, -0.05) is 46.6 Å². The van der Waals surface area contributed by atoms with Gasteiger partial charge in [0.05, 0.1) is 4.90 Å². The highest BCUT2D eigenvalue weighted by Crippen LogP contribution is 2.16. The lowest BCUT2D eigenvalue weighted by Gasteiger charge is -2.03. The Kier molecular flexibility index (Phi) is 4.17. The summed E-state index contributed by atoms with van der Waals surface area (Å²) < 4.78 is 28.3. The van der Waals surface area contributed by atoms with Crippen LogP contribution in [0.2, 0.25) is 0 Å². The fourth-order valence-electron chi connectivity index (χ4n) is 1.56. The van der Waals surface area contributed by atoms with E-state index in [4.69, 9.17) is 0 Å². The zero-order valence-corrected chi connectivity index (χ0v) is 12.4. The maximum absolute atomic E-state index is 12.2. The molecular formula is C14H15NO2S2. The van der Waals surface area contributed by atoms with E-state index in [9.17, 15) is 8.42 Å². The summed E-state index contributed by atoms with van der Waals surface area (Å²) in [6, 6.07) is 16.2. The summed E-state index contributed by atoms with van der Waals surface area (Å²) in [7, 11) is -4.26. The summed E-state index contributed by atoms with van der Waals surface area (Å²) in [5.41, 5.74) is 1.03. The van der Waals surface area contributed by atoms with E-state index in [1.807, 2.05) is 37.3 Å². The highest BCUT2D eigenvalue weighted by Gasteiger charge is 2.12. The van der Waals surface area contributed by atoms with Gasteiger partial charge < -0.3 is 0 Å². The van der Waals surface area contributed by atoms with Crippen molar-refractivity contribution in [1.29, 1.82) is 0 Å². The van der Waals surface area contributed by atoms with Crippen LogP contribution >= 0.6 is 0 Å². The van der Waals surface area contributed by atoms with Crippen LogP contribution in [0.15, 0.2) is 68.2 Å². The minimum atomic E-state index is -3.59. The molecule has 0 saturated carbocycles. The van der Waals surface area contributed by atoms with Crippen molar-refractivity contribution >= 4 is 20.7 Å². The Hall–Kier alpha value is -1.46. The number of benzene rings is 2. The molecule has 0 radical (unpaired) electrons. The molecule has 0 N–H and O–H groups in total. The minimum absolute atomic E-state index is 0.244. The van der Waals surface area contributed by atoms with Crippen LogP contribution in [0.1, 0.15) is 5.56 Å². The molecule has 19 heavy (non-hydrogen) atoms. The van der Waals surface area contributed by atoms with Gasteiger partial charge in [-0.05, 0) is 37.4 Å².